The summed E-state index contributed by atoms with van der Waals surface area (Å²) in [6.07, 6.45) is 10.6. The molecule has 0 heterocycles. The summed E-state index contributed by atoms with van der Waals surface area (Å²) >= 11 is 12.0. The summed E-state index contributed by atoms with van der Waals surface area (Å²) in [6.45, 7) is 2.63. The maximum atomic E-state index is 10.1. The first kappa shape index (κ1) is 17.8. The first-order chi connectivity index (χ1) is 10.6. The van der Waals surface area contributed by atoms with Crippen molar-refractivity contribution in [1.29, 1.82) is 0 Å². The van der Waals surface area contributed by atoms with E-state index < -0.39 is 0 Å². The number of hydrogen-bond acceptors (Lipinski definition) is 2. The van der Waals surface area contributed by atoms with Crippen LogP contribution in [0.1, 0.15) is 44.2 Å². The Bertz CT molecular complexity index is 504. The van der Waals surface area contributed by atoms with Crippen molar-refractivity contribution in [1.82, 2.24) is 5.32 Å². The Morgan fingerprint density at radius 2 is 2.14 bits per heavy atom. The molecule has 0 amide bonds. The van der Waals surface area contributed by atoms with Crippen molar-refractivity contribution < 1.29 is 5.11 Å². The van der Waals surface area contributed by atoms with Gasteiger partial charge in [0.25, 0.3) is 0 Å². The largest absolute Gasteiger partial charge is 0.392 e. The van der Waals surface area contributed by atoms with Gasteiger partial charge in [-0.2, -0.15) is 0 Å². The monoisotopic (exact) mass is 340 g/mol. The number of aliphatic hydroxyl groups excluding tert-OH is 1. The smallest absolute Gasteiger partial charge is 0.0667 e. The molecule has 0 fully saturated rings. The van der Waals surface area contributed by atoms with Crippen LogP contribution in [-0.2, 0) is 0 Å². The molecule has 2 nitrogen and oxygen atoms in total. The van der Waals surface area contributed by atoms with Crippen LogP contribution in [0.2, 0.25) is 10.0 Å². The van der Waals surface area contributed by atoms with Gasteiger partial charge >= 0.3 is 0 Å². The lowest BCUT2D eigenvalue weighted by Crippen LogP contribution is -2.29. The molecule has 0 aliphatic heterocycles. The minimum Gasteiger partial charge on any atom is -0.392 e. The SMILES string of the molecule is CC(NC[C@@H](O)C[CH]C1CC=CCC1)c1ccc(Cl)c(Cl)c1. The number of nitrogens with one attached hydrogen (secondary N) is 1. The summed E-state index contributed by atoms with van der Waals surface area (Å²) in [5.74, 6) is 0.618. The summed E-state index contributed by atoms with van der Waals surface area (Å²) in [7, 11) is 0. The minimum atomic E-state index is -0.351. The highest BCUT2D eigenvalue weighted by molar-refractivity contribution is 6.42. The van der Waals surface area contributed by atoms with Gasteiger partial charge in [-0.25, -0.2) is 0 Å². The van der Waals surface area contributed by atoms with Crippen LogP contribution in [0.5, 0.6) is 0 Å². The Hall–Kier alpha value is -0.540. The average Bonchev–Trinajstić information content (AvgIpc) is 2.54. The normalized spacial score (nSPS) is 20.8. The van der Waals surface area contributed by atoms with Crippen LogP contribution >= 0.6 is 23.2 Å². The zero-order valence-corrected chi connectivity index (χ0v) is 14.4. The van der Waals surface area contributed by atoms with E-state index in [4.69, 9.17) is 23.2 Å². The van der Waals surface area contributed by atoms with E-state index in [1.54, 1.807) is 6.07 Å². The number of rotatable bonds is 7. The minimum absolute atomic E-state index is 0.127. The van der Waals surface area contributed by atoms with E-state index in [1.807, 2.05) is 12.1 Å². The zero-order valence-electron chi connectivity index (χ0n) is 12.9. The van der Waals surface area contributed by atoms with Gasteiger partial charge in [0.15, 0.2) is 0 Å². The molecule has 1 radical (unpaired) electrons. The Balaban J connectivity index is 1.71. The van der Waals surface area contributed by atoms with Gasteiger partial charge in [0.1, 0.15) is 0 Å². The van der Waals surface area contributed by atoms with Gasteiger partial charge in [-0.1, -0.05) is 41.4 Å². The summed E-state index contributed by atoms with van der Waals surface area (Å²) in [5, 5.41) is 14.6. The van der Waals surface area contributed by atoms with Crippen molar-refractivity contribution in [2.75, 3.05) is 6.54 Å². The van der Waals surface area contributed by atoms with Crippen LogP contribution in [0.4, 0.5) is 0 Å². The maximum absolute atomic E-state index is 10.1. The molecule has 121 valence electrons. The summed E-state index contributed by atoms with van der Waals surface area (Å²) in [6, 6.07) is 5.76. The molecule has 2 N–H and O–H groups in total. The topological polar surface area (TPSA) is 32.3 Å². The van der Waals surface area contributed by atoms with Gasteiger partial charge in [0, 0.05) is 12.6 Å². The average molecular weight is 341 g/mol. The second kappa shape index (κ2) is 8.93. The molecule has 0 saturated heterocycles. The van der Waals surface area contributed by atoms with Gasteiger partial charge < -0.3 is 10.4 Å². The third kappa shape index (κ3) is 5.58. The van der Waals surface area contributed by atoms with E-state index in [9.17, 15) is 5.11 Å². The fourth-order valence-corrected chi connectivity index (χ4v) is 2.98. The summed E-state index contributed by atoms with van der Waals surface area (Å²) < 4.78 is 0. The van der Waals surface area contributed by atoms with Crippen molar-refractivity contribution in [2.45, 2.75) is 44.8 Å². The van der Waals surface area contributed by atoms with E-state index in [0.717, 1.165) is 24.8 Å². The van der Waals surface area contributed by atoms with Crippen molar-refractivity contribution in [3.63, 3.8) is 0 Å². The van der Waals surface area contributed by atoms with Gasteiger partial charge in [0.05, 0.1) is 16.1 Å². The molecular formula is C18H24Cl2NO. The molecule has 0 bridgehead atoms. The third-order valence-electron chi connectivity index (χ3n) is 4.15. The molecule has 0 aromatic heterocycles. The Morgan fingerprint density at radius 1 is 1.32 bits per heavy atom. The fraction of sp³-hybridized carbons (Fsp3) is 0.500. The van der Waals surface area contributed by atoms with Crippen LogP contribution in [-0.4, -0.2) is 17.8 Å². The molecule has 2 unspecified atom stereocenters. The fourth-order valence-electron chi connectivity index (χ4n) is 2.68. The molecular weight excluding hydrogens is 317 g/mol. The zero-order chi connectivity index (χ0) is 15.9. The van der Waals surface area contributed by atoms with E-state index in [0.29, 0.717) is 22.5 Å². The summed E-state index contributed by atoms with van der Waals surface area (Å²) in [4.78, 5) is 0. The van der Waals surface area contributed by atoms with Crippen LogP contribution in [0, 0.1) is 12.3 Å². The van der Waals surface area contributed by atoms with E-state index in [1.165, 1.54) is 6.42 Å². The molecule has 4 heteroatoms. The summed E-state index contributed by atoms with van der Waals surface area (Å²) in [5.41, 5.74) is 1.07. The molecule has 22 heavy (non-hydrogen) atoms. The number of benzene rings is 1. The molecule has 1 aliphatic rings. The second-order valence-corrected chi connectivity index (χ2v) is 6.79. The second-order valence-electron chi connectivity index (χ2n) is 5.97. The van der Waals surface area contributed by atoms with Crippen molar-refractivity contribution in [3.05, 3.63) is 52.4 Å². The lowest BCUT2D eigenvalue weighted by Gasteiger charge is -2.21. The van der Waals surface area contributed by atoms with Gasteiger partial charge in [-0.05, 0) is 62.6 Å². The van der Waals surface area contributed by atoms with Crippen LogP contribution in [0.25, 0.3) is 0 Å². The highest BCUT2D eigenvalue weighted by Gasteiger charge is 2.14. The highest BCUT2D eigenvalue weighted by atomic mass is 35.5. The van der Waals surface area contributed by atoms with Crippen LogP contribution < -0.4 is 5.32 Å². The number of halogens is 2. The first-order valence-corrected chi connectivity index (χ1v) is 8.66. The first-order valence-electron chi connectivity index (χ1n) is 7.91. The van der Waals surface area contributed by atoms with Crippen molar-refractivity contribution >= 4 is 23.2 Å². The molecule has 3 atom stereocenters. The Labute approximate surface area is 143 Å². The molecule has 0 saturated carbocycles. The number of hydrogen-bond donors (Lipinski definition) is 2. The molecule has 1 aromatic carbocycles. The Morgan fingerprint density at radius 3 is 2.82 bits per heavy atom. The van der Waals surface area contributed by atoms with E-state index >= 15 is 0 Å². The van der Waals surface area contributed by atoms with E-state index in [2.05, 4.69) is 30.8 Å². The number of allylic oxidation sites excluding steroid dienone is 2. The number of aliphatic hydroxyl groups is 1. The van der Waals surface area contributed by atoms with Crippen molar-refractivity contribution in [3.8, 4) is 0 Å². The standard InChI is InChI=1S/C18H24Cl2NO/c1-13(15-8-10-17(19)18(20)11-15)21-12-16(22)9-7-14-5-3-2-4-6-14/h2-3,7-8,10-11,13-14,16,21-22H,4-6,9,12H2,1H3/t13?,14?,16-/m0/s1. The molecule has 2 rings (SSSR count). The van der Waals surface area contributed by atoms with Crippen LogP contribution in [0.15, 0.2) is 30.4 Å². The maximum Gasteiger partial charge on any atom is 0.0667 e. The highest BCUT2D eigenvalue weighted by Crippen LogP contribution is 2.26. The van der Waals surface area contributed by atoms with Crippen molar-refractivity contribution in [2.24, 2.45) is 5.92 Å². The quantitative estimate of drug-likeness (QED) is 0.688. The van der Waals surface area contributed by atoms with Crippen LogP contribution in [0.3, 0.4) is 0 Å². The van der Waals surface area contributed by atoms with Gasteiger partial charge in [0.2, 0.25) is 0 Å². The van der Waals surface area contributed by atoms with Gasteiger partial charge in [-0.15, -0.1) is 0 Å². The lowest BCUT2D eigenvalue weighted by atomic mass is 9.89. The van der Waals surface area contributed by atoms with Gasteiger partial charge in [-0.3, -0.25) is 0 Å². The lowest BCUT2D eigenvalue weighted by molar-refractivity contribution is 0.163. The third-order valence-corrected chi connectivity index (χ3v) is 4.89. The predicted octanol–water partition coefficient (Wildman–Crippen LogP) is 4.96. The Kier molecular flexibility index (Phi) is 7.23. The molecule has 1 aromatic rings. The van der Waals surface area contributed by atoms with E-state index in [-0.39, 0.29) is 12.1 Å². The molecule has 1 aliphatic carbocycles. The molecule has 0 spiro atoms. The predicted molar refractivity (Wildman–Crippen MR) is 94.3 cm³/mol.